The highest BCUT2D eigenvalue weighted by Gasteiger charge is 2.29. The summed E-state index contributed by atoms with van der Waals surface area (Å²) in [7, 11) is 0. The summed E-state index contributed by atoms with van der Waals surface area (Å²) in [5.74, 6) is 0.453. The van der Waals surface area contributed by atoms with Crippen molar-refractivity contribution in [3.05, 3.63) is 71.5 Å². The van der Waals surface area contributed by atoms with Gasteiger partial charge in [0.15, 0.2) is 5.17 Å². The standard InChI is InChI=1S/C24H23N5OS/c1-17-6-5-13-28(15-17)24-26-23(30)21(31-24)14-19-16-29(20-7-3-2-4-8-20)27-22(19)18-9-11-25-12-10-18/h2-4,7-12,14,16-17H,5-6,13,15H2,1H3/b21-14-. The van der Waals surface area contributed by atoms with Crippen LogP contribution in [-0.4, -0.2) is 43.8 Å². The Morgan fingerprint density at radius 3 is 2.71 bits per heavy atom. The zero-order valence-corrected chi connectivity index (χ0v) is 18.1. The molecular weight excluding hydrogens is 406 g/mol. The molecule has 3 aromatic rings. The second kappa shape index (κ2) is 8.51. The van der Waals surface area contributed by atoms with Crippen molar-refractivity contribution in [1.29, 1.82) is 0 Å². The Balaban J connectivity index is 1.49. The molecule has 4 heterocycles. The Labute approximate surface area is 185 Å². The molecule has 0 spiro atoms. The Hall–Kier alpha value is -3.19. The fourth-order valence-electron chi connectivity index (χ4n) is 3.98. The van der Waals surface area contributed by atoms with Gasteiger partial charge < -0.3 is 4.90 Å². The van der Waals surface area contributed by atoms with E-state index < -0.39 is 0 Å². The summed E-state index contributed by atoms with van der Waals surface area (Å²) >= 11 is 1.47. The highest BCUT2D eigenvalue weighted by Crippen LogP contribution is 2.34. The van der Waals surface area contributed by atoms with E-state index in [0.717, 1.165) is 47.2 Å². The maximum atomic E-state index is 12.7. The second-order valence-electron chi connectivity index (χ2n) is 7.95. The van der Waals surface area contributed by atoms with Crippen molar-refractivity contribution in [2.24, 2.45) is 10.9 Å². The normalized spacial score (nSPS) is 20.4. The van der Waals surface area contributed by atoms with Crippen molar-refractivity contribution < 1.29 is 4.79 Å². The zero-order valence-electron chi connectivity index (χ0n) is 17.3. The molecule has 2 aromatic heterocycles. The molecule has 1 amide bonds. The van der Waals surface area contributed by atoms with Crippen LogP contribution >= 0.6 is 11.8 Å². The number of aliphatic imine (C=N–C) groups is 1. The molecule has 31 heavy (non-hydrogen) atoms. The van der Waals surface area contributed by atoms with Gasteiger partial charge in [-0.2, -0.15) is 10.1 Å². The number of pyridine rings is 1. The molecule has 1 aromatic carbocycles. The van der Waals surface area contributed by atoms with Crippen molar-refractivity contribution in [1.82, 2.24) is 19.7 Å². The average Bonchev–Trinajstić information content (AvgIpc) is 3.39. The molecule has 1 atom stereocenters. The van der Waals surface area contributed by atoms with Crippen molar-refractivity contribution in [2.45, 2.75) is 19.8 Å². The first kappa shape index (κ1) is 19.8. The largest absolute Gasteiger partial charge is 0.351 e. The zero-order chi connectivity index (χ0) is 21.2. The van der Waals surface area contributed by atoms with Gasteiger partial charge in [0.25, 0.3) is 5.91 Å². The van der Waals surface area contributed by atoms with Gasteiger partial charge in [0.1, 0.15) is 5.69 Å². The highest BCUT2D eigenvalue weighted by molar-refractivity contribution is 8.18. The van der Waals surface area contributed by atoms with Crippen molar-refractivity contribution in [3.8, 4) is 16.9 Å². The molecule has 6 nitrogen and oxygen atoms in total. The van der Waals surface area contributed by atoms with Crippen LogP contribution in [0.25, 0.3) is 23.0 Å². The minimum atomic E-state index is -0.175. The molecule has 0 bridgehead atoms. The van der Waals surface area contributed by atoms with Crippen LogP contribution in [0, 0.1) is 5.92 Å². The average molecular weight is 430 g/mol. The number of piperidine rings is 1. The topological polar surface area (TPSA) is 63.4 Å². The summed E-state index contributed by atoms with van der Waals surface area (Å²) in [6.45, 7) is 4.18. The number of hydrogen-bond acceptors (Lipinski definition) is 5. The van der Waals surface area contributed by atoms with E-state index in [9.17, 15) is 4.79 Å². The molecule has 1 unspecified atom stereocenters. The number of benzene rings is 1. The Bertz CT molecular complexity index is 1150. The molecule has 0 radical (unpaired) electrons. The highest BCUT2D eigenvalue weighted by atomic mass is 32.2. The summed E-state index contributed by atoms with van der Waals surface area (Å²) in [6.07, 6.45) is 9.76. The first-order valence-electron chi connectivity index (χ1n) is 10.5. The molecule has 2 aliphatic rings. The minimum absolute atomic E-state index is 0.175. The summed E-state index contributed by atoms with van der Waals surface area (Å²) in [5, 5.41) is 5.64. The van der Waals surface area contributed by atoms with Gasteiger partial charge in [-0.05, 0) is 60.9 Å². The minimum Gasteiger partial charge on any atom is -0.351 e. The van der Waals surface area contributed by atoms with Crippen molar-refractivity contribution >= 4 is 28.9 Å². The predicted molar refractivity (Wildman–Crippen MR) is 125 cm³/mol. The molecule has 2 aliphatic heterocycles. The lowest BCUT2D eigenvalue weighted by Gasteiger charge is -2.31. The number of aromatic nitrogens is 3. The summed E-state index contributed by atoms with van der Waals surface area (Å²) in [6, 6.07) is 13.8. The molecule has 0 N–H and O–H groups in total. The first-order chi connectivity index (χ1) is 15.2. The molecule has 1 saturated heterocycles. The smallest absolute Gasteiger partial charge is 0.286 e. The lowest BCUT2D eigenvalue weighted by Crippen LogP contribution is -2.37. The van der Waals surface area contributed by atoms with Gasteiger partial charge in [0.2, 0.25) is 0 Å². The van der Waals surface area contributed by atoms with Gasteiger partial charge in [-0.3, -0.25) is 9.78 Å². The van der Waals surface area contributed by atoms with Gasteiger partial charge in [-0.25, -0.2) is 4.68 Å². The van der Waals surface area contributed by atoms with Gasteiger partial charge in [0, 0.05) is 42.8 Å². The van der Waals surface area contributed by atoms with Crippen LogP contribution in [0.15, 0.2) is 71.0 Å². The van der Waals surface area contributed by atoms with Gasteiger partial charge in [-0.15, -0.1) is 0 Å². The molecule has 5 rings (SSSR count). The lowest BCUT2D eigenvalue weighted by molar-refractivity contribution is -0.113. The van der Waals surface area contributed by atoms with Crippen LogP contribution in [0.4, 0.5) is 0 Å². The van der Waals surface area contributed by atoms with Crippen LogP contribution in [0.3, 0.4) is 0 Å². The Kier molecular flexibility index (Phi) is 5.42. The summed E-state index contributed by atoms with van der Waals surface area (Å²) in [4.78, 5) is 24.0. The van der Waals surface area contributed by atoms with E-state index in [1.54, 1.807) is 12.4 Å². The van der Waals surface area contributed by atoms with Crippen LogP contribution in [-0.2, 0) is 4.79 Å². The third kappa shape index (κ3) is 4.18. The van der Waals surface area contributed by atoms with Gasteiger partial charge >= 0.3 is 0 Å². The molecule has 0 saturated carbocycles. The van der Waals surface area contributed by atoms with Crippen molar-refractivity contribution in [2.75, 3.05) is 13.1 Å². The molecule has 1 fully saturated rings. The number of nitrogens with zero attached hydrogens (tertiary/aromatic N) is 5. The van der Waals surface area contributed by atoms with Gasteiger partial charge in [-0.1, -0.05) is 25.1 Å². The second-order valence-corrected chi connectivity index (χ2v) is 8.96. The van der Waals surface area contributed by atoms with E-state index in [1.807, 2.05) is 59.4 Å². The number of amidine groups is 1. The quantitative estimate of drug-likeness (QED) is 0.568. The third-order valence-electron chi connectivity index (χ3n) is 5.54. The van der Waals surface area contributed by atoms with Crippen LogP contribution in [0.1, 0.15) is 25.3 Å². The number of likely N-dealkylation sites (tertiary alicyclic amines) is 1. The Morgan fingerprint density at radius 1 is 1.13 bits per heavy atom. The van der Waals surface area contributed by atoms with E-state index >= 15 is 0 Å². The third-order valence-corrected chi connectivity index (χ3v) is 6.58. The number of hydrogen-bond donors (Lipinski definition) is 0. The van der Waals surface area contributed by atoms with Crippen LogP contribution in [0.2, 0.25) is 0 Å². The number of carbonyl (C=O) groups excluding carboxylic acids is 1. The summed E-state index contributed by atoms with van der Waals surface area (Å²) < 4.78 is 1.85. The maximum absolute atomic E-state index is 12.7. The number of rotatable bonds is 3. The number of thioether (sulfide) groups is 1. The first-order valence-corrected chi connectivity index (χ1v) is 11.3. The number of para-hydroxylation sites is 1. The van der Waals surface area contributed by atoms with E-state index in [4.69, 9.17) is 5.10 Å². The molecule has 7 heteroatoms. The van der Waals surface area contributed by atoms with Crippen molar-refractivity contribution in [3.63, 3.8) is 0 Å². The van der Waals surface area contributed by atoms with Crippen LogP contribution < -0.4 is 0 Å². The predicted octanol–water partition coefficient (Wildman–Crippen LogP) is 4.64. The monoisotopic (exact) mass is 429 g/mol. The fraction of sp³-hybridized carbons (Fsp3) is 0.250. The lowest BCUT2D eigenvalue weighted by atomic mass is 10.0. The molecular formula is C24H23N5OS. The van der Waals surface area contributed by atoms with E-state index in [-0.39, 0.29) is 5.91 Å². The fourth-order valence-corrected chi connectivity index (χ4v) is 4.92. The summed E-state index contributed by atoms with van der Waals surface area (Å²) in [5.41, 5.74) is 3.62. The maximum Gasteiger partial charge on any atom is 0.286 e. The van der Waals surface area contributed by atoms with E-state index in [2.05, 4.69) is 21.8 Å². The number of carbonyl (C=O) groups is 1. The van der Waals surface area contributed by atoms with Crippen LogP contribution in [0.5, 0.6) is 0 Å². The SMILES string of the molecule is CC1CCCN(C2=NC(=O)/C(=C/c3cn(-c4ccccc4)nc3-c3ccncc3)S2)C1. The molecule has 156 valence electrons. The molecule has 0 aliphatic carbocycles. The van der Waals surface area contributed by atoms with E-state index in [0.29, 0.717) is 10.8 Å². The van der Waals surface area contributed by atoms with E-state index in [1.165, 1.54) is 18.2 Å². The Morgan fingerprint density at radius 2 is 1.94 bits per heavy atom. The van der Waals surface area contributed by atoms with Gasteiger partial charge in [0.05, 0.1) is 10.6 Å². The number of amides is 1.